The number of Topliss-reactive ketones (excluding diaryl/α,β-unsaturated/α-hetero) is 1. The van der Waals surface area contributed by atoms with Crippen LogP contribution >= 0.6 is 11.6 Å². The molecule has 7 heteroatoms. The molecule has 4 aromatic rings. The summed E-state index contributed by atoms with van der Waals surface area (Å²) in [5.41, 5.74) is 8.07. The van der Waals surface area contributed by atoms with Gasteiger partial charge in [-0.2, -0.15) is 5.10 Å². The van der Waals surface area contributed by atoms with Crippen LogP contribution in [0.15, 0.2) is 60.7 Å². The summed E-state index contributed by atoms with van der Waals surface area (Å²) in [6, 6.07) is 17.9. The van der Waals surface area contributed by atoms with Gasteiger partial charge in [0.25, 0.3) is 0 Å². The van der Waals surface area contributed by atoms with Crippen LogP contribution in [0.3, 0.4) is 0 Å². The molecule has 37 heavy (non-hydrogen) atoms. The van der Waals surface area contributed by atoms with Crippen LogP contribution in [0.25, 0.3) is 11.8 Å². The zero-order valence-electron chi connectivity index (χ0n) is 21.7. The van der Waals surface area contributed by atoms with E-state index < -0.39 is 5.97 Å². The second kappa shape index (κ2) is 11.0. The average molecular weight is 516 g/mol. The summed E-state index contributed by atoms with van der Waals surface area (Å²) in [7, 11) is 0. The Hall–Kier alpha value is -3.90. The number of nitrogens with zero attached hydrogens (tertiary/aromatic N) is 3. The number of hydrogen-bond acceptors (Lipinski definition) is 4. The zero-order valence-corrected chi connectivity index (χ0v) is 22.5. The van der Waals surface area contributed by atoms with Gasteiger partial charge in [-0.25, -0.2) is 9.48 Å². The van der Waals surface area contributed by atoms with Gasteiger partial charge in [-0.05, 0) is 75.6 Å². The molecule has 4 rings (SSSR count). The number of ketones is 1. The highest BCUT2D eigenvalue weighted by molar-refractivity contribution is 6.31. The Kier molecular flexibility index (Phi) is 7.79. The topological polar surface area (TPSA) is 66.1 Å². The van der Waals surface area contributed by atoms with E-state index in [1.807, 2.05) is 67.8 Å². The van der Waals surface area contributed by atoms with Crippen molar-refractivity contribution >= 4 is 29.4 Å². The van der Waals surface area contributed by atoms with Gasteiger partial charge in [0.2, 0.25) is 5.78 Å². The highest BCUT2D eigenvalue weighted by Gasteiger charge is 2.18. The maximum atomic E-state index is 12.9. The summed E-state index contributed by atoms with van der Waals surface area (Å²) < 4.78 is 8.98. The molecule has 0 amide bonds. The molecule has 0 N–H and O–H groups in total. The summed E-state index contributed by atoms with van der Waals surface area (Å²) in [4.78, 5) is 25.3. The Morgan fingerprint density at radius 2 is 1.70 bits per heavy atom. The fourth-order valence-corrected chi connectivity index (χ4v) is 4.64. The number of carbonyl (C=O) groups excluding carboxylic acids is 2. The van der Waals surface area contributed by atoms with Gasteiger partial charge in [0.15, 0.2) is 6.61 Å². The molecule has 0 aliphatic carbocycles. The molecule has 2 aromatic carbocycles. The first kappa shape index (κ1) is 26.2. The molecule has 0 bridgehead atoms. The van der Waals surface area contributed by atoms with Gasteiger partial charge in [0.05, 0.1) is 12.2 Å². The van der Waals surface area contributed by atoms with E-state index in [9.17, 15) is 9.59 Å². The molecule has 0 saturated carbocycles. The molecule has 2 heterocycles. The maximum absolute atomic E-state index is 12.9. The van der Waals surface area contributed by atoms with Gasteiger partial charge in [-0.1, -0.05) is 48.0 Å². The van der Waals surface area contributed by atoms with Gasteiger partial charge in [0, 0.05) is 34.3 Å². The lowest BCUT2D eigenvalue weighted by Gasteiger charge is -2.12. The first-order chi connectivity index (χ1) is 17.7. The predicted molar refractivity (Wildman–Crippen MR) is 147 cm³/mol. The van der Waals surface area contributed by atoms with Crippen molar-refractivity contribution in [1.29, 1.82) is 0 Å². The van der Waals surface area contributed by atoms with Crippen molar-refractivity contribution in [1.82, 2.24) is 14.3 Å². The first-order valence-corrected chi connectivity index (χ1v) is 12.4. The lowest BCUT2D eigenvalue weighted by Crippen LogP contribution is -2.13. The fourth-order valence-electron chi connectivity index (χ4n) is 4.34. The van der Waals surface area contributed by atoms with Crippen LogP contribution in [0.2, 0.25) is 5.15 Å². The van der Waals surface area contributed by atoms with Crippen LogP contribution in [-0.2, 0) is 16.1 Å². The van der Waals surface area contributed by atoms with Crippen LogP contribution in [0.4, 0.5) is 0 Å². The number of benzene rings is 2. The quantitative estimate of drug-likeness (QED) is 0.156. The largest absolute Gasteiger partial charge is 0.454 e. The number of hydrogen-bond donors (Lipinski definition) is 0. The molecule has 0 radical (unpaired) electrons. The summed E-state index contributed by atoms with van der Waals surface area (Å²) in [6.45, 7) is 9.99. The van der Waals surface area contributed by atoms with Gasteiger partial charge in [-0.3, -0.25) is 4.79 Å². The summed E-state index contributed by atoms with van der Waals surface area (Å²) in [5, 5.41) is 4.91. The van der Waals surface area contributed by atoms with Crippen LogP contribution in [0, 0.1) is 34.6 Å². The number of halogens is 1. The van der Waals surface area contributed by atoms with E-state index in [0.717, 1.165) is 22.6 Å². The highest BCUT2D eigenvalue weighted by atomic mass is 35.5. The number of carbonyl (C=O) groups is 2. The van der Waals surface area contributed by atoms with Gasteiger partial charge >= 0.3 is 5.97 Å². The van der Waals surface area contributed by atoms with E-state index in [4.69, 9.17) is 16.3 Å². The number of rotatable bonds is 8. The summed E-state index contributed by atoms with van der Waals surface area (Å²) in [5.74, 6) is -0.877. The molecule has 0 saturated heterocycles. The first-order valence-electron chi connectivity index (χ1n) is 12.1. The van der Waals surface area contributed by atoms with E-state index in [0.29, 0.717) is 28.5 Å². The van der Waals surface area contributed by atoms with Gasteiger partial charge < -0.3 is 9.30 Å². The Labute approximate surface area is 222 Å². The minimum atomic E-state index is -0.623. The van der Waals surface area contributed by atoms with Crippen LogP contribution < -0.4 is 0 Å². The lowest BCUT2D eigenvalue weighted by molar-refractivity contribution is -0.136. The number of aryl methyl sites for hydroxylation is 4. The molecule has 0 spiro atoms. The normalized spacial score (nSPS) is 11.3. The maximum Gasteiger partial charge on any atom is 0.331 e. The standard InChI is InChI=1S/C30H30ClN3O3/c1-19-11-12-25(15-20(19)2)34-21(3)16-27(23(34)5)28(35)18-37-29(36)14-13-26-22(4)32-33(30(26)31)17-24-9-7-6-8-10-24/h6-16H,17-18H2,1-5H3. The Morgan fingerprint density at radius 3 is 2.41 bits per heavy atom. The second-order valence-corrected chi connectivity index (χ2v) is 9.54. The molecule has 190 valence electrons. The van der Waals surface area contributed by atoms with E-state index in [2.05, 4.69) is 31.1 Å². The average Bonchev–Trinajstić information content (AvgIpc) is 3.32. The smallest absolute Gasteiger partial charge is 0.331 e. The van der Waals surface area contributed by atoms with Gasteiger partial charge in [0.1, 0.15) is 5.15 Å². The zero-order chi connectivity index (χ0) is 26.7. The summed E-state index contributed by atoms with van der Waals surface area (Å²) >= 11 is 6.51. The minimum Gasteiger partial charge on any atom is -0.454 e. The van der Waals surface area contributed by atoms with Gasteiger partial charge in [-0.15, -0.1) is 0 Å². The molecule has 0 aliphatic rings. The van der Waals surface area contributed by atoms with Crippen molar-refractivity contribution < 1.29 is 14.3 Å². The van der Waals surface area contributed by atoms with Crippen molar-refractivity contribution in [2.45, 2.75) is 41.2 Å². The Balaban J connectivity index is 1.42. The molecule has 0 aliphatic heterocycles. The predicted octanol–water partition coefficient (Wildman–Crippen LogP) is 6.36. The molecule has 0 atom stereocenters. The highest BCUT2D eigenvalue weighted by Crippen LogP contribution is 2.24. The molecule has 0 fully saturated rings. The molecular formula is C30H30ClN3O3. The SMILES string of the molecule is Cc1ccc(-n2c(C)cc(C(=O)COC(=O)C=Cc3c(C)nn(Cc4ccccc4)c3Cl)c2C)cc1C. The van der Waals surface area contributed by atoms with Crippen molar-refractivity contribution in [3.05, 3.63) is 111 Å². The third-order valence-corrected chi connectivity index (χ3v) is 6.90. The Morgan fingerprint density at radius 1 is 0.973 bits per heavy atom. The number of esters is 1. The Bertz CT molecular complexity index is 1500. The molecular weight excluding hydrogens is 486 g/mol. The third-order valence-electron chi connectivity index (χ3n) is 6.50. The molecule has 0 unspecified atom stereocenters. The summed E-state index contributed by atoms with van der Waals surface area (Å²) in [6.07, 6.45) is 2.85. The van der Waals surface area contributed by atoms with Crippen LogP contribution in [0.1, 0.15) is 49.7 Å². The second-order valence-electron chi connectivity index (χ2n) is 9.19. The molecule has 2 aromatic heterocycles. The number of ether oxygens (including phenoxy) is 1. The van der Waals surface area contributed by atoms with Crippen molar-refractivity contribution in [2.75, 3.05) is 6.61 Å². The van der Waals surface area contributed by atoms with E-state index in [-0.39, 0.29) is 12.4 Å². The monoisotopic (exact) mass is 515 g/mol. The van der Waals surface area contributed by atoms with Crippen molar-refractivity contribution in [3.8, 4) is 5.69 Å². The molecule has 6 nitrogen and oxygen atoms in total. The lowest BCUT2D eigenvalue weighted by atomic mass is 10.1. The van der Waals surface area contributed by atoms with Crippen LogP contribution in [-0.4, -0.2) is 32.7 Å². The van der Waals surface area contributed by atoms with Crippen molar-refractivity contribution in [3.63, 3.8) is 0 Å². The van der Waals surface area contributed by atoms with E-state index in [1.54, 1.807) is 10.8 Å². The van der Waals surface area contributed by atoms with Crippen LogP contribution in [0.5, 0.6) is 0 Å². The fraction of sp³-hybridized carbons (Fsp3) is 0.233. The van der Waals surface area contributed by atoms with E-state index >= 15 is 0 Å². The van der Waals surface area contributed by atoms with Crippen molar-refractivity contribution in [2.24, 2.45) is 0 Å². The third kappa shape index (κ3) is 5.75. The number of aromatic nitrogens is 3. The van der Waals surface area contributed by atoms with E-state index in [1.165, 1.54) is 17.2 Å². The minimum absolute atomic E-state index is 0.255.